The van der Waals surface area contributed by atoms with Gasteiger partial charge in [-0.25, -0.2) is 4.98 Å². The molecule has 6 nitrogen and oxygen atoms in total. The lowest BCUT2D eigenvalue weighted by atomic mass is 10.1. The van der Waals surface area contributed by atoms with Crippen LogP contribution < -0.4 is 15.4 Å². The Hall–Kier alpha value is -3.45. The van der Waals surface area contributed by atoms with Gasteiger partial charge in [-0.2, -0.15) is 0 Å². The molecule has 2 aromatic carbocycles. The van der Waals surface area contributed by atoms with Crippen molar-refractivity contribution in [1.29, 1.82) is 0 Å². The van der Waals surface area contributed by atoms with Gasteiger partial charge in [0.1, 0.15) is 12.4 Å². The number of aromatic nitrogens is 1. The molecule has 2 N–H and O–H groups in total. The number of amides is 2. The summed E-state index contributed by atoms with van der Waals surface area (Å²) >= 11 is 1.58. The summed E-state index contributed by atoms with van der Waals surface area (Å²) in [6, 6.07) is 12.7. The predicted molar refractivity (Wildman–Crippen MR) is 120 cm³/mol. The van der Waals surface area contributed by atoms with Gasteiger partial charge >= 0.3 is 0 Å². The maximum Gasteiger partial charge on any atom is 0.251 e. The average molecular weight is 422 g/mol. The molecule has 0 spiro atoms. The SMILES string of the molecule is CNC(=O)c1cccc(NC(=O)C=Cc2ccccc2OCc2csc(C)n2)c1C. The van der Waals surface area contributed by atoms with E-state index >= 15 is 0 Å². The second kappa shape index (κ2) is 9.84. The van der Waals surface area contributed by atoms with Gasteiger partial charge in [0.25, 0.3) is 5.91 Å². The van der Waals surface area contributed by atoms with Crippen LogP contribution in [-0.4, -0.2) is 23.8 Å². The number of rotatable bonds is 7. The Morgan fingerprint density at radius 3 is 2.67 bits per heavy atom. The van der Waals surface area contributed by atoms with Crippen LogP contribution in [0.25, 0.3) is 6.08 Å². The monoisotopic (exact) mass is 421 g/mol. The quantitative estimate of drug-likeness (QED) is 0.556. The van der Waals surface area contributed by atoms with Crippen molar-refractivity contribution < 1.29 is 14.3 Å². The minimum absolute atomic E-state index is 0.194. The van der Waals surface area contributed by atoms with Gasteiger partial charge in [0, 0.05) is 35.3 Å². The predicted octanol–water partition coefficient (Wildman–Crippen LogP) is 4.35. The second-order valence-electron chi connectivity index (χ2n) is 6.56. The molecule has 0 fully saturated rings. The molecule has 7 heteroatoms. The van der Waals surface area contributed by atoms with E-state index in [1.165, 1.54) is 6.08 Å². The number of hydrogen-bond acceptors (Lipinski definition) is 5. The number of nitrogens with zero attached hydrogens (tertiary/aromatic N) is 1. The van der Waals surface area contributed by atoms with Crippen molar-refractivity contribution >= 4 is 34.9 Å². The number of thiazole rings is 1. The molecule has 0 aliphatic carbocycles. The molecule has 30 heavy (non-hydrogen) atoms. The average Bonchev–Trinajstić information content (AvgIpc) is 3.17. The summed E-state index contributed by atoms with van der Waals surface area (Å²) in [7, 11) is 1.57. The van der Waals surface area contributed by atoms with E-state index in [0.29, 0.717) is 29.2 Å². The van der Waals surface area contributed by atoms with E-state index in [-0.39, 0.29) is 11.8 Å². The van der Waals surface area contributed by atoms with Crippen molar-refractivity contribution in [2.24, 2.45) is 0 Å². The highest BCUT2D eigenvalue weighted by Gasteiger charge is 2.11. The van der Waals surface area contributed by atoms with Crippen LogP contribution >= 0.6 is 11.3 Å². The lowest BCUT2D eigenvalue weighted by Gasteiger charge is -2.11. The summed E-state index contributed by atoms with van der Waals surface area (Å²) in [6.07, 6.45) is 3.15. The molecule has 3 aromatic rings. The topological polar surface area (TPSA) is 80.3 Å². The van der Waals surface area contributed by atoms with Gasteiger partial charge in [-0.3, -0.25) is 9.59 Å². The number of carbonyl (C=O) groups excluding carboxylic acids is 2. The molecule has 0 saturated carbocycles. The third-order valence-electron chi connectivity index (χ3n) is 4.44. The van der Waals surface area contributed by atoms with E-state index < -0.39 is 0 Å². The van der Waals surface area contributed by atoms with Gasteiger partial charge in [0.05, 0.1) is 10.7 Å². The Kier molecular flexibility index (Phi) is 6.98. The van der Waals surface area contributed by atoms with E-state index in [9.17, 15) is 9.59 Å². The Balaban J connectivity index is 1.69. The van der Waals surface area contributed by atoms with Crippen molar-refractivity contribution in [3.63, 3.8) is 0 Å². The number of benzene rings is 2. The molecule has 0 bridgehead atoms. The molecule has 0 unspecified atom stereocenters. The number of aryl methyl sites for hydroxylation is 1. The molecule has 0 saturated heterocycles. The first-order valence-electron chi connectivity index (χ1n) is 9.41. The van der Waals surface area contributed by atoms with Crippen molar-refractivity contribution in [3.05, 3.63) is 81.3 Å². The van der Waals surface area contributed by atoms with Crippen molar-refractivity contribution in [1.82, 2.24) is 10.3 Å². The van der Waals surface area contributed by atoms with Crippen LogP contribution in [0.2, 0.25) is 0 Å². The molecule has 0 atom stereocenters. The van der Waals surface area contributed by atoms with Gasteiger partial charge in [0.15, 0.2) is 0 Å². The van der Waals surface area contributed by atoms with Gasteiger partial charge < -0.3 is 15.4 Å². The summed E-state index contributed by atoms with van der Waals surface area (Å²) < 4.78 is 5.88. The highest BCUT2D eigenvalue weighted by molar-refractivity contribution is 7.09. The first kappa shape index (κ1) is 21.3. The van der Waals surface area contributed by atoms with Gasteiger partial charge in [-0.1, -0.05) is 24.3 Å². The zero-order valence-corrected chi connectivity index (χ0v) is 17.9. The fraction of sp³-hybridized carbons (Fsp3) is 0.174. The third kappa shape index (κ3) is 5.33. The van der Waals surface area contributed by atoms with Gasteiger partial charge in [-0.15, -0.1) is 11.3 Å². The highest BCUT2D eigenvalue weighted by atomic mass is 32.1. The van der Waals surface area contributed by atoms with Crippen molar-refractivity contribution in [2.75, 3.05) is 12.4 Å². The summed E-state index contributed by atoms with van der Waals surface area (Å²) in [5.41, 5.74) is 3.49. The first-order valence-corrected chi connectivity index (χ1v) is 10.3. The van der Waals surface area contributed by atoms with Crippen LogP contribution in [0.15, 0.2) is 53.9 Å². The van der Waals surface area contributed by atoms with Crippen LogP contribution in [0, 0.1) is 13.8 Å². The van der Waals surface area contributed by atoms with Crippen molar-refractivity contribution in [3.8, 4) is 5.75 Å². The molecule has 1 heterocycles. The van der Waals surface area contributed by atoms with Crippen molar-refractivity contribution in [2.45, 2.75) is 20.5 Å². The Morgan fingerprint density at radius 1 is 1.13 bits per heavy atom. The van der Waals surface area contributed by atoms with Crippen LogP contribution in [0.5, 0.6) is 5.75 Å². The maximum absolute atomic E-state index is 12.4. The van der Waals surface area contributed by atoms with Gasteiger partial charge in [-0.05, 0) is 43.7 Å². The Labute approximate surface area is 179 Å². The summed E-state index contributed by atoms with van der Waals surface area (Å²) in [5, 5.41) is 8.39. The third-order valence-corrected chi connectivity index (χ3v) is 5.26. The molecule has 154 valence electrons. The van der Waals surface area contributed by atoms with E-state index in [1.54, 1.807) is 49.6 Å². The maximum atomic E-state index is 12.4. The minimum Gasteiger partial charge on any atom is -0.487 e. The largest absolute Gasteiger partial charge is 0.487 e. The molecular weight excluding hydrogens is 398 g/mol. The summed E-state index contributed by atoms with van der Waals surface area (Å²) in [6.45, 7) is 4.12. The van der Waals surface area contributed by atoms with E-state index in [4.69, 9.17) is 4.74 Å². The fourth-order valence-corrected chi connectivity index (χ4v) is 3.46. The zero-order chi connectivity index (χ0) is 21.5. The molecule has 3 rings (SSSR count). The fourth-order valence-electron chi connectivity index (χ4n) is 2.87. The highest BCUT2D eigenvalue weighted by Crippen LogP contribution is 2.22. The number of nitrogens with one attached hydrogen (secondary N) is 2. The second-order valence-corrected chi connectivity index (χ2v) is 7.63. The molecule has 0 radical (unpaired) electrons. The number of anilines is 1. The first-order chi connectivity index (χ1) is 14.5. The normalized spacial score (nSPS) is 10.8. The van der Waals surface area contributed by atoms with E-state index in [0.717, 1.165) is 16.3 Å². The lowest BCUT2D eigenvalue weighted by molar-refractivity contribution is -0.111. The molecule has 2 amide bonds. The molecule has 0 aliphatic rings. The summed E-state index contributed by atoms with van der Waals surface area (Å²) in [5.74, 6) is 0.183. The van der Waals surface area contributed by atoms with E-state index in [2.05, 4.69) is 15.6 Å². The number of para-hydroxylation sites is 1. The van der Waals surface area contributed by atoms with Crippen LogP contribution in [0.3, 0.4) is 0 Å². The standard InChI is InChI=1S/C23H23N3O3S/c1-15-19(23(28)24-3)8-6-9-20(15)26-22(27)12-11-17-7-4-5-10-21(17)29-13-18-14-30-16(2)25-18/h4-12,14H,13H2,1-3H3,(H,24,28)(H,26,27). The Morgan fingerprint density at radius 2 is 1.93 bits per heavy atom. The van der Waals surface area contributed by atoms with Crippen LogP contribution in [0.1, 0.15) is 32.2 Å². The Bertz CT molecular complexity index is 1090. The van der Waals surface area contributed by atoms with Gasteiger partial charge in [0.2, 0.25) is 5.91 Å². The lowest BCUT2D eigenvalue weighted by Crippen LogP contribution is -2.20. The van der Waals surface area contributed by atoms with Crippen LogP contribution in [-0.2, 0) is 11.4 Å². The number of ether oxygens (including phenoxy) is 1. The number of carbonyl (C=O) groups is 2. The molecule has 0 aliphatic heterocycles. The zero-order valence-electron chi connectivity index (χ0n) is 17.1. The van der Waals surface area contributed by atoms with E-state index in [1.807, 2.05) is 36.6 Å². The molecule has 1 aromatic heterocycles. The smallest absolute Gasteiger partial charge is 0.251 e. The summed E-state index contributed by atoms with van der Waals surface area (Å²) in [4.78, 5) is 28.8. The number of hydrogen-bond donors (Lipinski definition) is 2. The minimum atomic E-state index is -0.294. The molecular formula is C23H23N3O3S. The van der Waals surface area contributed by atoms with Crippen LogP contribution in [0.4, 0.5) is 5.69 Å².